The van der Waals surface area contributed by atoms with Crippen LogP contribution in [0.3, 0.4) is 0 Å². The van der Waals surface area contributed by atoms with Gasteiger partial charge in [0.2, 0.25) is 0 Å². The maximum absolute atomic E-state index is 5.99. The van der Waals surface area contributed by atoms with Crippen molar-refractivity contribution in [3.05, 3.63) is 0 Å². The summed E-state index contributed by atoms with van der Waals surface area (Å²) in [7, 11) is 0. The van der Waals surface area contributed by atoms with Crippen molar-refractivity contribution in [1.29, 1.82) is 0 Å². The zero-order valence-corrected chi connectivity index (χ0v) is 10.6. The smallest absolute Gasteiger partial charge is 0.00817 e. The van der Waals surface area contributed by atoms with E-state index in [0.717, 1.165) is 5.92 Å². The average Bonchev–Trinajstić information content (AvgIpc) is 2.24. The zero-order valence-electron chi connectivity index (χ0n) is 9.82. The first kappa shape index (κ1) is 11.7. The van der Waals surface area contributed by atoms with Crippen LogP contribution < -0.4 is 5.73 Å². The molecular formula is C12H24N2S. The van der Waals surface area contributed by atoms with E-state index in [2.05, 4.69) is 23.6 Å². The Balaban J connectivity index is 1.77. The summed E-state index contributed by atoms with van der Waals surface area (Å²) in [4.78, 5) is 2.67. The van der Waals surface area contributed by atoms with Crippen LogP contribution in [-0.2, 0) is 0 Å². The van der Waals surface area contributed by atoms with Crippen LogP contribution in [0, 0.1) is 5.92 Å². The lowest BCUT2D eigenvalue weighted by Gasteiger charge is -2.39. The molecule has 0 spiro atoms. The molecule has 88 valence electrons. The summed E-state index contributed by atoms with van der Waals surface area (Å²) >= 11 is 2.12. The normalized spacial score (nSPS) is 35.6. The van der Waals surface area contributed by atoms with Gasteiger partial charge >= 0.3 is 0 Å². The lowest BCUT2D eigenvalue weighted by molar-refractivity contribution is 0.122. The summed E-state index contributed by atoms with van der Waals surface area (Å²) in [5.41, 5.74) is 5.99. The molecule has 2 aliphatic heterocycles. The number of nitrogens with zero attached hydrogens (tertiary/aromatic N) is 1. The molecule has 2 atom stereocenters. The third-order valence-corrected chi connectivity index (χ3v) is 4.94. The molecule has 2 fully saturated rings. The molecule has 0 aromatic carbocycles. The largest absolute Gasteiger partial charge is 0.328 e. The zero-order chi connectivity index (χ0) is 10.7. The van der Waals surface area contributed by atoms with E-state index in [0.29, 0.717) is 12.1 Å². The molecule has 0 aromatic heterocycles. The van der Waals surface area contributed by atoms with E-state index < -0.39 is 0 Å². The number of hydrogen-bond donors (Lipinski definition) is 1. The molecule has 2 aliphatic rings. The standard InChI is InChI=1S/C12H24N2S/c1-10-8-12(13)2-5-14(10)9-11-3-6-15-7-4-11/h10-12H,2-9,13H2,1H3. The van der Waals surface area contributed by atoms with Crippen molar-refractivity contribution in [2.45, 2.75) is 44.7 Å². The molecule has 2 heterocycles. The maximum Gasteiger partial charge on any atom is 0.00817 e. The summed E-state index contributed by atoms with van der Waals surface area (Å²) in [5.74, 6) is 3.72. The van der Waals surface area contributed by atoms with Crippen LogP contribution in [0.2, 0.25) is 0 Å². The van der Waals surface area contributed by atoms with E-state index >= 15 is 0 Å². The summed E-state index contributed by atoms with van der Waals surface area (Å²) in [6.07, 6.45) is 5.26. The van der Waals surface area contributed by atoms with Gasteiger partial charge in [0.05, 0.1) is 0 Å². The number of rotatable bonds is 2. The fraction of sp³-hybridized carbons (Fsp3) is 1.00. The van der Waals surface area contributed by atoms with Crippen molar-refractivity contribution in [2.24, 2.45) is 11.7 Å². The second-order valence-corrected chi connectivity index (χ2v) is 6.41. The average molecular weight is 228 g/mol. The Labute approximate surface area is 98.0 Å². The number of piperidine rings is 1. The predicted octanol–water partition coefficient (Wildman–Crippen LogP) is 1.94. The van der Waals surface area contributed by atoms with Gasteiger partial charge in [-0.05, 0) is 56.6 Å². The minimum absolute atomic E-state index is 0.457. The van der Waals surface area contributed by atoms with E-state index in [9.17, 15) is 0 Å². The predicted molar refractivity (Wildman–Crippen MR) is 68.3 cm³/mol. The first-order chi connectivity index (χ1) is 7.25. The van der Waals surface area contributed by atoms with E-state index in [1.807, 2.05) is 0 Å². The highest BCUT2D eigenvalue weighted by Gasteiger charge is 2.25. The van der Waals surface area contributed by atoms with Crippen molar-refractivity contribution in [2.75, 3.05) is 24.6 Å². The third kappa shape index (κ3) is 3.36. The highest BCUT2D eigenvalue weighted by Crippen LogP contribution is 2.26. The van der Waals surface area contributed by atoms with Crippen molar-refractivity contribution in [3.63, 3.8) is 0 Å². The molecule has 2 N–H and O–H groups in total. The first-order valence-corrected chi connectivity index (χ1v) is 7.48. The molecule has 2 nitrogen and oxygen atoms in total. The molecule has 15 heavy (non-hydrogen) atoms. The van der Waals surface area contributed by atoms with E-state index in [1.165, 1.54) is 50.3 Å². The summed E-state index contributed by atoms with van der Waals surface area (Å²) in [5, 5.41) is 0. The molecule has 2 unspecified atom stereocenters. The molecule has 0 bridgehead atoms. The van der Waals surface area contributed by atoms with Crippen LogP contribution in [-0.4, -0.2) is 41.6 Å². The summed E-state index contributed by atoms with van der Waals surface area (Å²) in [6, 6.07) is 1.17. The molecule has 3 heteroatoms. The Bertz CT molecular complexity index is 192. The molecule has 0 saturated carbocycles. The topological polar surface area (TPSA) is 29.3 Å². The highest BCUT2D eigenvalue weighted by atomic mass is 32.2. The minimum atomic E-state index is 0.457. The first-order valence-electron chi connectivity index (χ1n) is 6.33. The number of thioether (sulfide) groups is 1. The fourth-order valence-corrected chi connectivity index (χ4v) is 3.99. The Morgan fingerprint density at radius 1 is 1.27 bits per heavy atom. The van der Waals surface area contributed by atoms with E-state index in [4.69, 9.17) is 5.73 Å². The molecule has 2 rings (SSSR count). The molecule has 0 aliphatic carbocycles. The lowest BCUT2D eigenvalue weighted by atomic mass is 9.95. The van der Waals surface area contributed by atoms with Gasteiger partial charge in [0.1, 0.15) is 0 Å². The van der Waals surface area contributed by atoms with Gasteiger partial charge in [-0.25, -0.2) is 0 Å². The Morgan fingerprint density at radius 2 is 2.00 bits per heavy atom. The third-order valence-electron chi connectivity index (χ3n) is 3.89. The van der Waals surface area contributed by atoms with E-state index in [1.54, 1.807) is 0 Å². The monoisotopic (exact) mass is 228 g/mol. The van der Waals surface area contributed by atoms with Crippen molar-refractivity contribution in [3.8, 4) is 0 Å². The van der Waals surface area contributed by atoms with Gasteiger partial charge in [0, 0.05) is 18.6 Å². The second-order valence-electron chi connectivity index (χ2n) is 5.18. The molecular weight excluding hydrogens is 204 g/mol. The SMILES string of the molecule is CC1CC(N)CCN1CC1CCSCC1. The number of likely N-dealkylation sites (tertiary alicyclic amines) is 1. The van der Waals surface area contributed by atoms with Gasteiger partial charge in [-0.1, -0.05) is 0 Å². The molecule has 0 aromatic rings. The van der Waals surface area contributed by atoms with Crippen molar-refractivity contribution >= 4 is 11.8 Å². The van der Waals surface area contributed by atoms with Crippen LogP contribution in [0.1, 0.15) is 32.6 Å². The van der Waals surface area contributed by atoms with Crippen LogP contribution in [0.4, 0.5) is 0 Å². The van der Waals surface area contributed by atoms with E-state index in [-0.39, 0.29) is 0 Å². The second kappa shape index (κ2) is 5.55. The fourth-order valence-electron chi connectivity index (χ4n) is 2.79. The summed E-state index contributed by atoms with van der Waals surface area (Å²) < 4.78 is 0. The van der Waals surface area contributed by atoms with Gasteiger partial charge in [0.25, 0.3) is 0 Å². The van der Waals surface area contributed by atoms with Crippen LogP contribution in [0.15, 0.2) is 0 Å². The number of nitrogens with two attached hydrogens (primary N) is 1. The van der Waals surface area contributed by atoms with Crippen LogP contribution in [0.5, 0.6) is 0 Å². The van der Waals surface area contributed by atoms with Crippen molar-refractivity contribution in [1.82, 2.24) is 4.90 Å². The van der Waals surface area contributed by atoms with Crippen molar-refractivity contribution < 1.29 is 0 Å². The van der Waals surface area contributed by atoms with Gasteiger partial charge < -0.3 is 10.6 Å². The van der Waals surface area contributed by atoms with Gasteiger partial charge in [0.15, 0.2) is 0 Å². The minimum Gasteiger partial charge on any atom is -0.328 e. The Hall–Kier alpha value is 0.270. The Kier molecular flexibility index (Phi) is 4.35. The maximum atomic E-state index is 5.99. The Morgan fingerprint density at radius 3 is 2.67 bits per heavy atom. The number of hydrogen-bond acceptors (Lipinski definition) is 3. The quantitative estimate of drug-likeness (QED) is 0.783. The lowest BCUT2D eigenvalue weighted by Crippen LogP contribution is -2.47. The molecule has 0 radical (unpaired) electrons. The molecule has 0 amide bonds. The van der Waals surface area contributed by atoms with Gasteiger partial charge in [-0.3, -0.25) is 0 Å². The van der Waals surface area contributed by atoms with Gasteiger partial charge in [-0.15, -0.1) is 0 Å². The van der Waals surface area contributed by atoms with Crippen LogP contribution in [0.25, 0.3) is 0 Å². The van der Waals surface area contributed by atoms with Gasteiger partial charge in [-0.2, -0.15) is 11.8 Å². The van der Waals surface area contributed by atoms with Crippen LogP contribution >= 0.6 is 11.8 Å². The summed E-state index contributed by atoms with van der Waals surface area (Å²) in [6.45, 7) is 4.90. The molecule has 2 saturated heterocycles. The highest BCUT2D eigenvalue weighted by molar-refractivity contribution is 7.99.